The fourth-order valence-corrected chi connectivity index (χ4v) is 3.80. The van der Waals surface area contributed by atoms with Crippen LogP contribution in [-0.4, -0.2) is 54.3 Å². The highest BCUT2D eigenvalue weighted by Crippen LogP contribution is 2.26. The molecule has 2 aromatic carbocycles. The van der Waals surface area contributed by atoms with Crippen molar-refractivity contribution in [2.75, 3.05) is 33.3 Å². The fraction of sp³-hybridized carbons (Fsp3) is 0.304. The first-order valence-corrected chi connectivity index (χ1v) is 9.98. The van der Waals surface area contributed by atoms with Gasteiger partial charge in [0, 0.05) is 25.2 Å². The molecule has 29 heavy (non-hydrogen) atoms. The summed E-state index contributed by atoms with van der Waals surface area (Å²) < 4.78 is 5.17. The van der Waals surface area contributed by atoms with Crippen molar-refractivity contribution >= 4 is 5.91 Å². The van der Waals surface area contributed by atoms with Crippen LogP contribution in [0.1, 0.15) is 28.4 Å². The van der Waals surface area contributed by atoms with Crippen LogP contribution in [0.5, 0.6) is 5.75 Å². The van der Waals surface area contributed by atoms with Crippen LogP contribution in [0.25, 0.3) is 11.3 Å². The fourth-order valence-electron chi connectivity index (χ4n) is 3.80. The molecule has 6 nitrogen and oxygen atoms in total. The van der Waals surface area contributed by atoms with Gasteiger partial charge in [-0.1, -0.05) is 30.3 Å². The first-order chi connectivity index (χ1) is 14.2. The van der Waals surface area contributed by atoms with Crippen LogP contribution in [-0.2, 0) is 0 Å². The molecule has 6 heteroatoms. The summed E-state index contributed by atoms with van der Waals surface area (Å²) in [4.78, 5) is 14.8. The second-order valence-corrected chi connectivity index (χ2v) is 7.35. The molecule has 1 atom stereocenters. The summed E-state index contributed by atoms with van der Waals surface area (Å²) in [6.07, 6.45) is 1.17. The number of nitrogens with one attached hydrogen (secondary N) is 2. The van der Waals surface area contributed by atoms with Crippen molar-refractivity contribution in [3.63, 3.8) is 0 Å². The number of nitrogens with zero attached hydrogens (tertiary/aromatic N) is 2. The number of methoxy groups -OCH3 is 1. The number of rotatable bonds is 7. The van der Waals surface area contributed by atoms with Crippen molar-refractivity contribution in [1.82, 2.24) is 20.4 Å². The van der Waals surface area contributed by atoms with E-state index in [4.69, 9.17) is 4.74 Å². The Hall–Kier alpha value is -3.12. The van der Waals surface area contributed by atoms with E-state index < -0.39 is 0 Å². The molecule has 1 amide bonds. The third-order valence-corrected chi connectivity index (χ3v) is 5.47. The normalized spacial score (nSPS) is 16.7. The molecule has 1 aliphatic heterocycles. The summed E-state index contributed by atoms with van der Waals surface area (Å²) in [6.45, 7) is 3.60. The summed E-state index contributed by atoms with van der Waals surface area (Å²) in [7, 11) is 1.63. The Morgan fingerprint density at radius 3 is 2.76 bits per heavy atom. The summed E-state index contributed by atoms with van der Waals surface area (Å²) in [5, 5.41) is 10.1. The molecule has 0 radical (unpaired) electrons. The molecule has 0 unspecified atom stereocenters. The topological polar surface area (TPSA) is 70.2 Å². The number of aromatic nitrogens is 2. The van der Waals surface area contributed by atoms with Crippen molar-refractivity contribution in [3.05, 3.63) is 71.9 Å². The van der Waals surface area contributed by atoms with E-state index >= 15 is 0 Å². The maximum absolute atomic E-state index is 12.4. The number of hydrogen-bond donors (Lipinski definition) is 2. The number of benzene rings is 2. The molecular weight excluding hydrogens is 364 g/mol. The summed E-state index contributed by atoms with van der Waals surface area (Å²) in [5.41, 5.74) is 3.55. The summed E-state index contributed by atoms with van der Waals surface area (Å²) in [5.74, 6) is 1.25. The SMILES string of the molecule is COc1ccc(-c2cc(C(=O)NCCN3CC[C@H](c4ccccc4)C3)[nH]n2)cc1. The predicted octanol–water partition coefficient (Wildman–Crippen LogP) is 3.30. The Balaban J connectivity index is 1.25. The van der Waals surface area contributed by atoms with Crippen LogP contribution in [0.15, 0.2) is 60.7 Å². The van der Waals surface area contributed by atoms with Gasteiger partial charge in [0.25, 0.3) is 5.91 Å². The molecule has 0 spiro atoms. The molecule has 1 aromatic heterocycles. The Morgan fingerprint density at radius 2 is 2.00 bits per heavy atom. The smallest absolute Gasteiger partial charge is 0.269 e. The highest BCUT2D eigenvalue weighted by molar-refractivity contribution is 5.93. The van der Waals surface area contributed by atoms with E-state index in [-0.39, 0.29) is 5.91 Å². The molecule has 1 aliphatic rings. The minimum Gasteiger partial charge on any atom is -0.497 e. The zero-order valence-electron chi connectivity index (χ0n) is 16.6. The lowest BCUT2D eigenvalue weighted by atomic mass is 9.99. The van der Waals surface area contributed by atoms with E-state index in [9.17, 15) is 4.79 Å². The van der Waals surface area contributed by atoms with Crippen molar-refractivity contribution in [2.45, 2.75) is 12.3 Å². The monoisotopic (exact) mass is 390 g/mol. The van der Waals surface area contributed by atoms with Gasteiger partial charge in [-0.2, -0.15) is 5.10 Å². The zero-order valence-corrected chi connectivity index (χ0v) is 16.6. The Labute approximate surface area is 170 Å². The van der Waals surface area contributed by atoms with Gasteiger partial charge in [-0.3, -0.25) is 9.89 Å². The van der Waals surface area contributed by atoms with Crippen molar-refractivity contribution in [2.24, 2.45) is 0 Å². The van der Waals surface area contributed by atoms with Gasteiger partial charge in [0.2, 0.25) is 0 Å². The quantitative estimate of drug-likeness (QED) is 0.649. The third-order valence-electron chi connectivity index (χ3n) is 5.47. The van der Waals surface area contributed by atoms with Gasteiger partial charge >= 0.3 is 0 Å². The Bertz CT molecular complexity index is 937. The third kappa shape index (κ3) is 4.66. The average molecular weight is 390 g/mol. The van der Waals surface area contributed by atoms with Crippen LogP contribution in [0.3, 0.4) is 0 Å². The molecule has 1 saturated heterocycles. The first-order valence-electron chi connectivity index (χ1n) is 9.98. The predicted molar refractivity (Wildman–Crippen MR) is 113 cm³/mol. The summed E-state index contributed by atoms with van der Waals surface area (Å²) in [6, 6.07) is 20.0. The van der Waals surface area contributed by atoms with Crippen molar-refractivity contribution in [3.8, 4) is 17.0 Å². The lowest BCUT2D eigenvalue weighted by Gasteiger charge is -2.16. The summed E-state index contributed by atoms with van der Waals surface area (Å²) >= 11 is 0. The number of hydrogen-bond acceptors (Lipinski definition) is 4. The molecule has 4 rings (SSSR count). The highest BCUT2D eigenvalue weighted by atomic mass is 16.5. The van der Waals surface area contributed by atoms with Crippen molar-refractivity contribution in [1.29, 1.82) is 0 Å². The number of carbonyl (C=O) groups is 1. The van der Waals surface area contributed by atoms with Gasteiger partial charge in [-0.15, -0.1) is 0 Å². The number of aromatic amines is 1. The van der Waals surface area contributed by atoms with Gasteiger partial charge < -0.3 is 15.0 Å². The van der Waals surface area contributed by atoms with Gasteiger partial charge in [0.05, 0.1) is 12.8 Å². The first kappa shape index (κ1) is 19.2. The van der Waals surface area contributed by atoms with Crippen LogP contribution >= 0.6 is 0 Å². The number of likely N-dealkylation sites (tertiary alicyclic amines) is 1. The average Bonchev–Trinajstić information content (AvgIpc) is 3.45. The molecule has 1 fully saturated rings. The second kappa shape index (κ2) is 8.92. The van der Waals surface area contributed by atoms with Gasteiger partial charge in [0.1, 0.15) is 11.4 Å². The van der Waals surface area contributed by atoms with E-state index in [2.05, 4.69) is 50.7 Å². The largest absolute Gasteiger partial charge is 0.497 e. The van der Waals surface area contributed by atoms with E-state index in [1.54, 1.807) is 13.2 Å². The van der Waals surface area contributed by atoms with Crippen LogP contribution in [0, 0.1) is 0 Å². The van der Waals surface area contributed by atoms with Crippen LogP contribution in [0.2, 0.25) is 0 Å². The molecular formula is C23H26N4O2. The number of H-pyrrole nitrogens is 1. The lowest BCUT2D eigenvalue weighted by Crippen LogP contribution is -2.34. The lowest BCUT2D eigenvalue weighted by molar-refractivity contribution is 0.0944. The zero-order chi connectivity index (χ0) is 20.1. The molecule has 0 bridgehead atoms. The van der Waals surface area contributed by atoms with E-state index in [1.165, 1.54) is 12.0 Å². The molecule has 150 valence electrons. The van der Waals surface area contributed by atoms with Gasteiger partial charge in [0.15, 0.2) is 0 Å². The Morgan fingerprint density at radius 1 is 1.21 bits per heavy atom. The van der Waals surface area contributed by atoms with Gasteiger partial charge in [-0.05, 0) is 54.8 Å². The van der Waals surface area contributed by atoms with Crippen LogP contribution in [0.4, 0.5) is 0 Å². The van der Waals surface area contributed by atoms with E-state index in [0.29, 0.717) is 18.2 Å². The highest BCUT2D eigenvalue weighted by Gasteiger charge is 2.23. The van der Waals surface area contributed by atoms with E-state index in [0.717, 1.165) is 36.6 Å². The molecule has 2 heterocycles. The second-order valence-electron chi connectivity index (χ2n) is 7.35. The van der Waals surface area contributed by atoms with Crippen LogP contribution < -0.4 is 10.1 Å². The maximum atomic E-state index is 12.4. The molecule has 0 aliphatic carbocycles. The minimum atomic E-state index is -0.129. The number of ether oxygens (including phenoxy) is 1. The number of amides is 1. The van der Waals surface area contributed by atoms with Gasteiger partial charge in [-0.25, -0.2) is 0 Å². The maximum Gasteiger partial charge on any atom is 0.269 e. The molecule has 0 saturated carbocycles. The van der Waals surface area contributed by atoms with E-state index in [1.807, 2.05) is 24.3 Å². The minimum absolute atomic E-state index is 0.129. The Kier molecular flexibility index (Phi) is 5.91. The standard InChI is InChI=1S/C23H26N4O2/c1-29-20-9-7-18(8-10-20)21-15-22(26-25-21)23(28)24-12-14-27-13-11-19(16-27)17-5-3-2-4-6-17/h2-10,15,19H,11-14,16H2,1H3,(H,24,28)(H,25,26)/t19-/m0/s1. The number of carbonyl (C=O) groups excluding carboxylic acids is 1. The molecule has 3 aromatic rings. The van der Waals surface area contributed by atoms with Crippen molar-refractivity contribution < 1.29 is 9.53 Å². The molecule has 2 N–H and O–H groups in total.